The summed E-state index contributed by atoms with van der Waals surface area (Å²) in [6.45, 7) is 6.42. The highest BCUT2D eigenvalue weighted by Gasteiger charge is 2.02. The summed E-state index contributed by atoms with van der Waals surface area (Å²) in [6, 6.07) is 1.79. The fourth-order valence-corrected chi connectivity index (χ4v) is 2.26. The highest BCUT2D eigenvalue weighted by molar-refractivity contribution is 7.98. The largest absolute Gasteiger partial charge is 0.384 e. The maximum atomic E-state index is 5.66. The number of thioether (sulfide) groups is 1. The predicted octanol–water partition coefficient (Wildman–Crippen LogP) is 2.65. The van der Waals surface area contributed by atoms with Crippen molar-refractivity contribution in [2.24, 2.45) is 5.92 Å². The van der Waals surface area contributed by atoms with Gasteiger partial charge >= 0.3 is 0 Å². The third kappa shape index (κ3) is 4.51. The second-order valence-corrected chi connectivity index (χ2v) is 4.91. The Bertz CT molecular complexity index is 294. The number of nitrogens with zero attached hydrogens (tertiary/aromatic N) is 2. The van der Waals surface area contributed by atoms with Crippen molar-refractivity contribution in [2.75, 3.05) is 11.5 Å². The number of hydrogen-bond donors (Lipinski definition) is 1. The maximum Gasteiger partial charge on any atom is 0.140 e. The Morgan fingerprint density at radius 1 is 1.47 bits per heavy atom. The molecule has 1 rings (SSSR count). The van der Waals surface area contributed by atoms with Crippen LogP contribution in [0.25, 0.3) is 0 Å². The normalized spacial score (nSPS) is 12.7. The van der Waals surface area contributed by atoms with Gasteiger partial charge in [-0.15, -0.1) is 0 Å². The van der Waals surface area contributed by atoms with Crippen LogP contribution >= 0.6 is 11.8 Å². The van der Waals surface area contributed by atoms with Crippen LogP contribution in [0.5, 0.6) is 0 Å². The van der Waals surface area contributed by atoms with E-state index in [1.807, 2.05) is 18.7 Å². The molecule has 1 aromatic rings. The lowest BCUT2D eigenvalue weighted by molar-refractivity contribution is 0.636. The third-order valence-electron chi connectivity index (χ3n) is 2.25. The van der Waals surface area contributed by atoms with Crippen molar-refractivity contribution in [1.82, 2.24) is 9.97 Å². The average molecular weight is 225 g/mol. The van der Waals surface area contributed by atoms with Gasteiger partial charge in [0.25, 0.3) is 0 Å². The molecule has 0 aliphatic carbocycles. The van der Waals surface area contributed by atoms with E-state index in [0.717, 1.165) is 28.9 Å². The third-order valence-corrected chi connectivity index (χ3v) is 3.52. The van der Waals surface area contributed by atoms with E-state index in [-0.39, 0.29) is 0 Å². The minimum absolute atomic E-state index is 0.571. The molecule has 4 heteroatoms. The quantitative estimate of drug-likeness (QED) is 0.837. The van der Waals surface area contributed by atoms with Crippen LogP contribution in [-0.4, -0.2) is 15.7 Å². The molecule has 0 amide bonds. The van der Waals surface area contributed by atoms with Gasteiger partial charge in [0.1, 0.15) is 11.6 Å². The predicted molar refractivity (Wildman–Crippen MR) is 66.8 cm³/mol. The molecule has 84 valence electrons. The molecule has 0 aliphatic heterocycles. The molecule has 0 fully saturated rings. The first kappa shape index (κ1) is 12.3. The van der Waals surface area contributed by atoms with E-state index in [2.05, 4.69) is 23.8 Å². The van der Waals surface area contributed by atoms with E-state index >= 15 is 0 Å². The molecule has 1 aromatic heterocycles. The number of aromatic nitrogens is 2. The van der Waals surface area contributed by atoms with E-state index in [4.69, 9.17) is 5.73 Å². The average Bonchev–Trinajstić information content (AvgIpc) is 2.16. The summed E-state index contributed by atoms with van der Waals surface area (Å²) in [4.78, 5) is 8.55. The molecule has 1 heterocycles. The molecule has 2 N–H and O–H groups in total. The van der Waals surface area contributed by atoms with Crippen LogP contribution in [0.1, 0.15) is 31.8 Å². The van der Waals surface area contributed by atoms with Crippen molar-refractivity contribution < 1.29 is 0 Å². The first-order chi connectivity index (χ1) is 7.11. The molecule has 0 aliphatic rings. The van der Waals surface area contributed by atoms with E-state index in [0.29, 0.717) is 5.82 Å². The molecule has 3 nitrogen and oxygen atoms in total. The zero-order chi connectivity index (χ0) is 11.3. The fourth-order valence-electron chi connectivity index (χ4n) is 1.19. The molecular weight excluding hydrogens is 206 g/mol. The van der Waals surface area contributed by atoms with Crippen molar-refractivity contribution in [3.8, 4) is 0 Å². The zero-order valence-electron chi connectivity index (χ0n) is 9.66. The maximum absolute atomic E-state index is 5.66. The number of anilines is 1. The minimum Gasteiger partial charge on any atom is -0.384 e. The van der Waals surface area contributed by atoms with Gasteiger partial charge in [-0.3, -0.25) is 0 Å². The van der Waals surface area contributed by atoms with Gasteiger partial charge in [-0.25, -0.2) is 9.97 Å². The molecule has 0 saturated carbocycles. The summed E-state index contributed by atoms with van der Waals surface area (Å²) < 4.78 is 0. The fraction of sp³-hybridized carbons (Fsp3) is 0.636. The first-order valence-electron chi connectivity index (χ1n) is 5.29. The van der Waals surface area contributed by atoms with Gasteiger partial charge < -0.3 is 5.73 Å². The van der Waals surface area contributed by atoms with Crippen LogP contribution in [0.4, 0.5) is 5.82 Å². The number of aryl methyl sites for hydroxylation is 1. The summed E-state index contributed by atoms with van der Waals surface area (Å²) in [5, 5.41) is 0. The zero-order valence-corrected chi connectivity index (χ0v) is 10.5. The Hall–Kier alpha value is -0.770. The molecule has 15 heavy (non-hydrogen) atoms. The van der Waals surface area contributed by atoms with Crippen molar-refractivity contribution >= 4 is 17.6 Å². The van der Waals surface area contributed by atoms with Crippen LogP contribution in [-0.2, 0) is 5.75 Å². The van der Waals surface area contributed by atoms with Crippen LogP contribution in [0.2, 0.25) is 0 Å². The Kier molecular flexibility index (Phi) is 4.88. The van der Waals surface area contributed by atoms with E-state index in [1.165, 1.54) is 6.42 Å². The summed E-state index contributed by atoms with van der Waals surface area (Å²) in [5.41, 5.74) is 6.60. The van der Waals surface area contributed by atoms with Crippen molar-refractivity contribution in [3.05, 3.63) is 17.6 Å². The van der Waals surface area contributed by atoms with E-state index in [9.17, 15) is 0 Å². The minimum atomic E-state index is 0.571. The molecule has 0 spiro atoms. The van der Waals surface area contributed by atoms with Gasteiger partial charge in [0, 0.05) is 11.8 Å². The van der Waals surface area contributed by atoms with Gasteiger partial charge in [-0.2, -0.15) is 11.8 Å². The number of nitrogens with two attached hydrogens (primary N) is 1. The van der Waals surface area contributed by atoms with Gasteiger partial charge in [0.05, 0.1) is 5.75 Å². The van der Waals surface area contributed by atoms with E-state index < -0.39 is 0 Å². The number of nitrogen functional groups attached to an aromatic ring is 1. The summed E-state index contributed by atoms with van der Waals surface area (Å²) >= 11 is 1.88. The highest BCUT2D eigenvalue weighted by Crippen LogP contribution is 2.15. The van der Waals surface area contributed by atoms with Crippen molar-refractivity contribution in [1.29, 1.82) is 0 Å². The molecule has 1 unspecified atom stereocenters. The van der Waals surface area contributed by atoms with Gasteiger partial charge in [0.2, 0.25) is 0 Å². The van der Waals surface area contributed by atoms with Crippen molar-refractivity contribution in [3.63, 3.8) is 0 Å². The number of hydrogen-bond acceptors (Lipinski definition) is 4. The lowest BCUT2D eigenvalue weighted by atomic mass is 10.2. The highest BCUT2D eigenvalue weighted by atomic mass is 32.2. The topological polar surface area (TPSA) is 51.8 Å². The van der Waals surface area contributed by atoms with Gasteiger partial charge in [0.15, 0.2) is 0 Å². The molecular formula is C11H19N3S. The van der Waals surface area contributed by atoms with Crippen LogP contribution in [0.3, 0.4) is 0 Å². The summed E-state index contributed by atoms with van der Waals surface area (Å²) in [5.74, 6) is 4.20. The van der Waals surface area contributed by atoms with E-state index in [1.54, 1.807) is 6.07 Å². The summed E-state index contributed by atoms with van der Waals surface area (Å²) in [6.07, 6.45) is 1.23. The Morgan fingerprint density at radius 2 is 2.20 bits per heavy atom. The standard InChI is InChI=1S/C11H19N3S/c1-4-8(2)6-15-7-11-13-9(3)5-10(12)14-11/h5,8H,4,6-7H2,1-3H3,(H2,12,13,14). The lowest BCUT2D eigenvalue weighted by Gasteiger charge is -2.07. The van der Waals surface area contributed by atoms with Crippen LogP contribution in [0.15, 0.2) is 6.07 Å². The first-order valence-corrected chi connectivity index (χ1v) is 6.45. The van der Waals surface area contributed by atoms with Crippen LogP contribution < -0.4 is 5.73 Å². The molecule has 0 bridgehead atoms. The molecule has 0 saturated heterocycles. The lowest BCUT2D eigenvalue weighted by Crippen LogP contribution is -2.02. The van der Waals surface area contributed by atoms with Gasteiger partial charge in [-0.05, 0) is 18.6 Å². The molecule has 0 aromatic carbocycles. The molecule has 0 radical (unpaired) electrons. The summed E-state index contributed by atoms with van der Waals surface area (Å²) in [7, 11) is 0. The Labute approximate surface area is 95.9 Å². The Morgan fingerprint density at radius 3 is 2.80 bits per heavy atom. The SMILES string of the molecule is CCC(C)CSCc1nc(C)cc(N)n1. The number of rotatable bonds is 5. The molecule has 1 atom stereocenters. The second kappa shape index (κ2) is 5.95. The van der Waals surface area contributed by atoms with Crippen molar-refractivity contribution in [2.45, 2.75) is 32.9 Å². The monoisotopic (exact) mass is 225 g/mol. The van der Waals surface area contributed by atoms with Gasteiger partial charge in [-0.1, -0.05) is 20.3 Å². The Balaban J connectivity index is 2.43. The smallest absolute Gasteiger partial charge is 0.140 e. The second-order valence-electron chi connectivity index (χ2n) is 3.88. The van der Waals surface area contributed by atoms with Crippen LogP contribution in [0, 0.1) is 12.8 Å².